The monoisotopic (exact) mass is 331 g/mol. The van der Waals surface area contributed by atoms with Crippen LogP contribution in [0.1, 0.15) is 45.4 Å². The number of carbonyl (C=O) groups excluding carboxylic acids is 1. The van der Waals surface area contributed by atoms with Crippen LogP contribution in [0.3, 0.4) is 0 Å². The minimum Gasteiger partial charge on any atom is -0.395 e. The van der Waals surface area contributed by atoms with Crippen LogP contribution in [-0.2, 0) is 4.79 Å². The number of nitrogens with zero attached hydrogens (tertiary/aromatic N) is 2. The van der Waals surface area contributed by atoms with Crippen LogP contribution in [0.25, 0.3) is 0 Å². The molecule has 4 fully saturated rings. The van der Waals surface area contributed by atoms with Crippen molar-refractivity contribution >= 4 is 5.91 Å². The summed E-state index contributed by atoms with van der Waals surface area (Å²) in [6, 6.07) is 2.11. The van der Waals surface area contributed by atoms with Gasteiger partial charge in [-0.05, 0) is 68.6 Å². The standard InChI is InChI=1S/C19H29N3O2/c1-13(21-18(24)17(11-20)12-22(2)3-4-23)19-8-14-5-15(9-19)7-16(6-14)10-19/h12-16,23H,3-10H2,1-2H3,(H,21,24)/b17-12-. The van der Waals surface area contributed by atoms with Gasteiger partial charge in [-0.1, -0.05) is 0 Å². The molecule has 0 aromatic rings. The molecule has 4 aliphatic rings. The number of hydrogen-bond donors (Lipinski definition) is 2. The Hall–Kier alpha value is -1.54. The first-order valence-electron chi connectivity index (χ1n) is 9.19. The van der Waals surface area contributed by atoms with Crippen molar-refractivity contribution in [1.29, 1.82) is 5.26 Å². The number of carbonyl (C=O) groups is 1. The molecule has 0 aliphatic heterocycles. The van der Waals surface area contributed by atoms with E-state index >= 15 is 0 Å². The van der Waals surface area contributed by atoms with Crippen LogP contribution in [0.15, 0.2) is 11.8 Å². The number of nitriles is 1. The minimum atomic E-state index is -0.287. The Balaban J connectivity index is 1.67. The Morgan fingerprint density at radius 2 is 1.88 bits per heavy atom. The number of rotatable bonds is 6. The van der Waals surface area contributed by atoms with Crippen LogP contribution in [-0.4, -0.2) is 42.2 Å². The third-order valence-corrected chi connectivity index (χ3v) is 6.52. The van der Waals surface area contributed by atoms with E-state index in [1.54, 1.807) is 11.9 Å². The third kappa shape index (κ3) is 3.30. The van der Waals surface area contributed by atoms with Crippen molar-refractivity contribution in [3.8, 4) is 6.07 Å². The highest BCUT2D eigenvalue weighted by atomic mass is 16.3. The molecule has 0 spiro atoms. The highest BCUT2D eigenvalue weighted by Crippen LogP contribution is 2.61. The molecule has 4 bridgehead atoms. The maximum absolute atomic E-state index is 12.5. The maximum Gasteiger partial charge on any atom is 0.263 e. The van der Waals surface area contributed by atoms with Gasteiger partial charge in [0.05, 0.1) is 6.61 Å². The third-order valence-electron chi connectivity index (χ3n) is 6.52. The molecule has 0 radical (unpaired) electrons. The van der Waals surface area contributed by atoms with E-state index in [4.69, 9.17) is 5.11 Å². The van der Waals surface area contributed by atoms with Gasteiger partial charge >= 0.3 is 0 Å². The molecule has 0 aromatic carbocycles. The molecular formula is C19H29N3O2. The van der Waals surface area contributed by atoms with Crippen molar-refractivity contribution in [2.24, 2.45) is 23.2 Å². The Bertz CT molecular complexity index is 528. The maximum atomic E-state index is 12.5. The Morgan fingerprint density at radius 1 is 1.33 bits per heavy atom. The zero-order valence-corrected chi connectivity index (χ0v) is 14.8. The summed E-state index contributed by atoms with van der Waals surface area (Å²) < 4.78 is 0. The second kappa shape index (κ2) is 6.76. The summed E-state index contributed by atoms with van der Waals surface area (Å²) >= 11 is 0. The Morgan fingerprint density at radius 3 is 2.33 bits per heavy atom. The zero-order valence-electron chi connectivity index (χ0n) is 14.8. The molecule has 4 rings (SSSR count). The van der Waals surface area contributed by atoms with Gasteiger partial charge in [-0.25, -0.2) is 0 Å². The number of likely N-dealkylation sites (N-methyl/N-ethyl adjacent to an activating group) is 1. The molecule has 24 heavy (non-hydrogen) atoms. The lowest BCUT2D eigenvalue weighted by Crippen LogP contribution is -2.56. The van der Waals surface area contributed by atoms with E-state index in [1.807, 2.05) is 6.07 Å². The molecule has 1 atom stereocenters. The van der Waals surface area contributed by atoms with Crippen LogP contribution in [0.5, 0.6) is 0 Å². The predicted octanol–water partition coefficient (Wildman–Crippen LogP) is 2.04. The van der Waals surface area contributed by atoms with Gasteiger partial charge in [0.2, 0.25) is 0 Å². The Labute approximate surface area is 144 Å². The quantitative estimate of drug-likeness (QED) is 0.577. The lowest BCUT2D eigenvalue weighted by Gasteiger charge is -2.59. The molecule has 0 aromatic heterocycles. The molecule has 2 N–H and O–H groups in total. The minimum absolute atomic E-state index is 0.00297. The lowest BCUT2D eigenvalue weighted by atomic mass is 9.48. The van der Waals surface area contributed by atoms with Gasteiger partial charge in [-0.15, -0.1) is 0 Å². The molecule has 0 heterocycles. The predicted molar refractivity (Wildman–Crippen MR) is 91.6 cm³/mol. The molecule has 1 unspecified atom stereocenters. The summed E-state index contributed by atoms with van der Waals surface area (Å²) in [6.07, 6.45) is 9.38. The first-order valence-corrected chi connectivity index (χ1v) is 9.19. The summed E-state index contributed by atoms with van der Waals surface area (Å²) in [5.74, 6) is 2.25. The van der Waals surface area contributed by atoms with E-state index in [-0.39, 0.29) is 29.5 Å². The van der Waals surface area contributed by atoms with E-state index < -0.39 is 0 Å². The second-order valence-corrected chi connectivity index (χ2v) is 8.33. The summed E-state index contributed by atoms with van der Waals surface area (Å²) in [4.78, 5) is 14.2. The van der Waals surface area contributed by atoms with E-state index in [1.165, 1.54) is 44.7 Å². The fourth-order valence-electron chi connectivity index (χ4n) is 5.72. The summed E-state index contributed by atoms with van der Waals surface area (Å²) in [5.41, 5.74) is 0.352. The highest BCUT2D eigenvalue weighted by Gasteiger charge is 2.53. The van der Waals surface area contributed by atoms with Gasteiger partial charge in [0, 0.05) is 25.8 Å². The van der Waals surface area contributed by atoms with Crippen molar-refractivity contribution in [2.45, 2.75) is 51.5 Å². The SMILES string of the molecule is CC(NC(=O)/C(C#N)=C\N(C)CCO)C12CC3CC(CC(C3)C1)C2. The molecule has 4 aliphatic carbocycles. The van der Waals surface area contributed by atoms with E-state index in [0.29, 0.717) is 6.54 Å². The molecular weight excluding hydrogens is 302 g/mol. The average molecular weight is 331 g/mol. The van der Waals surface area contributed by atoms with Gasteiger partial charge < -0.3 is 15.3 Å². The van der Waals surface area contributed by atoms with Gasteiger partial charge in [-0.3, -0.25) is 4.79 Å². The number of hydrogen-bond acceptors (Lipinski definition) is 4. The summed E-state index contributed by atoms with van der Waals surface area (Å²) in [6.45, 7) is 2.53. The molecule has 4 saturated carbocycles. The first-order chi connectivity index (χ1) is 11.5. The first kappa shape index (κ1) is 17.3. The smallest absolute Gasteiger partial charge is 0.263 e. The van der Waals surface area contributed by atoms with Gasteiger partial charge in [-0.2, -0.15) is 5.26 Å². The van der Waals surface area contributed by atoms with Crippen LogP contribution < -0.4 is 5.32 Å². The van der Waals surface area contributed by atoms with Gasteiger partial charge in [0.1, 0.15) is 11.6 Å². The van der Waals surface area contributed by atoms with E-state index in [0.717, 1.165) is 17.8 Å². The van der Waals surface area contributed by atoms with Gasteiger partial charge in [0.15, 0.2) is 0 Å². The van der Waals surface area contributed by atoms with E-state index in [9.17, 15) is 10.1 Å². The Kier molecular flexibility index (Phi) is 4.87. The topological polar surface area (TPSA) is 76.4 Å². The second-order valence-electron chi connectivity index (χ2n) is 8.33. The van der Waals surface area contributed by atoms with Crippen LogP contribution >= 0.6 is 0 Å². The molecule has 132 valence electrons. The highest BCUT2D eigenvalue weighted by molar-refractivity contribution is 5.97. The number of nitrogens with one attached hydrogen (secondary N) is 1. The van der Waals surface area contributed by atoms with E-state index in [2.05, 4.69) is 12.2 Å². The summed E-state index contributed by atoms with van der Waals surface area (Å²) in [5, 5.41) is 21.4. The fraction of sp³-hybridized carbons (Fsp3) is 0.789. The molecule has 0 saturated heterocycles. The number of amides is 1. The van der Waals surface area contributed by atoms with Crippen LogP contribution in [0, 0.1) is 34.5 Å². The summed E-state index contributed by atoms with van der Waals surface area (Å²) in [7, 11) is 1.75. The zero-order chi connectivity index (χ0) is 17.3. The fourth-order valence-corrected chi connectivity index (χ4v) is 5.72. The van der Waals surface area contributed by atoms with Crippen LogP contribution in [0.4, 0.5) is 0 Å². The largest absolute Gasteiger partial charge is 0.395 e. The molecule has 1 amide bonds. The van der Waals surface area contributed by atoms with Gasteiger partial charge in [0.25, 0.3) is 5.91 Å². The van der Waals surface area contributed by atoms with Crippen molar-refractivity contribution in [2.75, 3.05) is 20.2 Å². The van der Waals surface area contributed by atoms with Crippen molar-refractivity contribution < 1.29 is 9.90 Å². The van der Waals surface area contributed by atoms with Crippen LogP contribution in [0.2, 0.25) is 0 Å². The van der Waals surface area contributed by atoms with Crippen molar-refractivity contribution in [3.05, 3.63) is 11.8 Å². The normalized spacial score (nSPS) is 35.4. The van der Waals surface area contributed by atoms with Crippen molar-refractivity contribution in [1.82, 2.24) is 10.2 Å². The van der Waals surface area contributed by atoms with Crippen molar-refractivity contribution in [3.63, 3.8) is 0 Å². The lowest BCUT2D eigenvalue weighted by molar-refractivity contribution is -0.122. The molecule has 5 nitrogen and oxygen atoms in total. The molecule has 5 heteroatoms. The number of aliphatic hydroxyl groups excluding tert-OH is 1. The average Bonchev–Trinajstić information content (AvgIpc) is 2.51. The number of aliphatic hydroxyl groups is 1.